The number of carbonyl (C=O) groups excluding carboxylic acids is 2. The number of benzene rings is 1. The number of pyridine rings is 1. The molecule has 1 unspecified atom stereocenters. The average Bonchev–Trinajstić information content (AvgIpc) is 3.35. The Labute approximate surface area is 162 Å². The second-order valence-electron chi connectivity index (χ2n) is 6.78. The first-order valence-corrected chi connectivity index (χ1v) is 9.11. The summed E-state index contributed by atoms with van der Waals surface area (Å²) in [5.74, 6) is -0.467. The fourth-order valence-corrected chi connectivity index (χ4v) is 3.39. The van der Waals surface area contributed by atoms with Crippen LogP contribution in [0.2, 0.25) is 0 Å². The van der Waals surface area contributed by atoms with E-state index < -0.39 is 5.92 Å². The highest BCUT2D eigenvalue weighted by Gasteiger charge is 2.39. The zero-order chi connectivity index (χ0) is 19.5. The summed E-state index contributed by atoms with van der Waals surface area (Å²) in [6.45, 7) is 0.793. The second-order valence-corrected chi connectivity index (χ2v) is 6.78. The van der Waals surface area contributed by atoms with Gasteiger partial charge in [0.1, 0.15) is 11.6 Å². The first-order valence-electron chi connectivity index (χ1n) is 9.11. The topological polar surface area (TPSA) is 79.5 Å². The summed E-state index contributed by atoms with van der Waals surface area (Å²) in [6.07, 6.45) is 3.90. The number of hydrogen-bond donors (Lipinski definition) is 0. The summed E-state index contributed by atoms with van der Waals surface area (Å²) in [5, 5.41) is 4.03. The first-order chi connectivity index (χ1) is 13.6. The number of hydrogen-bond acceptors (Lipinski definition) is 5. The van der Waals surface area contributed by atoms with E-state index in [0.29, 0.717) is 24.4 Å². The standard InChI is InChI=1S/C21H20N4O3/c1-24(14-17-12-19(23-28-17)15-6-5-10-22-13-15)20(26)18-9-11-25(21(18)27)16-7-3-2-4-8-16/h2-8,10,12-13,18H,9,11,14H2,1H3. The third-order valence-electron chi connectivity index (χ3n) is 4.86. The Balaban J connectivity index is 1.42. The maximum Gasteiger partial charge on any atom is 0.239 e. The van der Waals surface area contributed by atoms with Gasteiger partial charge in [-0.3, -0.25) is 14.6 Å². The molecule has 1 saturated heterocycles. The molecule has 3 aromatic rings. The van der Waals surface area contributed by atoms with Crippen molar-refractivity contribution in [2.45, 2.75) is 13.0 Å². The summed E-state index contributed by atoms with van der Waals surface area (Å²) in [5.41, 5.74) is 2.33. The highest BCUT2D eigenvalue weighted by Crippen LogP contribution is 2.27. The van der Waals surface area contributed by atoms with E-state index in [1.54, 1.807) is 30.4 Å². The third kappa shape index (κ3) is 3.51. The Morgan fingerprint density at radius 3 is 2.82 bits per heavy atom. The number of rotatable bonds is 5. The molecule has 142 valence electrons. The monoisotopic (exact) mass is 376 g/mol. The van der Waals surface area contributed by atoms with Gasteiger partial charge < -0.3 is 14.3 Å². The predicted molar refractivity (Wildman–Crippen MR) is 103 cm³/mol. The van der Waals surface area contributed by atoms with Crippen molar-refractivity contribution >= 4 is 17.5 Å². The summed E-state index contributed by atoms with van der Waals surface area (Å²) >= 11 is 0. The molecule has 0 N–H and O–H groups in total. The molecule has 2 amide bonds. The van der Waals surface area contributed by atoms with E-state index in [1.165, 1.54) is 4.90 Å². The molecule has 1 atom stereocenters. The molecule has 28 heavy (non-hydrogen) atoms. The molecule has 7 nitrogen and oxygen atoms in total. The van der Waals surface area contributed by atoms with Crippen LogP contribution in [0.5, 0.6) is 0 Å². The van der Waals surface area contributed by atoms with Crippen LogP contribution >= 0.6 is 0 Å². The Morgan fingerprint density at radius 1 is 1.25 bits per heavy atom. The van der Waals surface area contributed by atoms with Crippen LogP contribution in [0.15, 0.2) is 65.4 Å². The summed E-state index contributed by atoms with van der Waals surface area (Å²) < 4.78 is 5.35. The van der Waals surface area contributed by atoms with E-state index in [0.717, 1.165) is 11.3 Å². The maximum absolute atomic E-state index is 12.8. The first kappa shape index (κ1) is 17.9. The van der Waals surface area contributed by atoms with Gasteiger partial charge in [-0.25, -0.2) is 0 Å². The molecule has 0 radical (unpaired) electrons. The van der Waals surface area contributed by atoms with Gasteiger partial charge in [-0.2, -0.15) is 0 Å². The Bertz CT molecular complexity index is 972. The Hall–Kier alpha value is -3.48. The summed E-state index contributed by atoms with van der Waals surface area (Å²) in [6, 6.07) is 14.9. The maximum atomic E-state index is 12.8. The van der Waals surface area contributed by atoms with E-state index in [9.17, 15) is 9.59 Å². The molecule has 0 bridgehead atoms. The van der Waals surface area contributed by atoms with Gasteiger partial charge in [0, 0.05) is 43.3 Å². The van der Waals surface area contributed by atoms with Gasteiger partial charge in [0.2, 0.25) is 11.8 Å². The van der Waals surface area contributed by atoms with Crippen molar-refractivity contribution in [1.82, 2.24) is 15.0 Å². The smallest absolute Gasteiger partial charge is 0.239 e. The molecule has 0 aliphatic carbocycles. The largest absolute Gasteiger partial charge is 0.359 e. The minimum atomic E-state index is -0.661. The van der Waals surface area contributed by atoms with Crippen molar-refractivity contribution in [2.24, 2.45) is 5.92 Å². The van der Waals surface area contributed by atoms with Crippen molar-refractivity contribution in [2.75, 3.05) is 18.5 Å². The van der Waals surface area contributed by atoms with E-state index >= 15 is 0 Å². The van der Waals surface area contributed by atoms with Crippen LogP contribution in [0.1, 0.15) is 12.2 Å². The number of aromatic nitrogens is 2. The lowest BCUT2D eigenvalue weighted by Crippen LogP contribution is -2.37. The van der Waals surface area contributed by atoms with Crippen LogP contribution in [-0.4, -0.2) is 40.4 Å². The number of nitrogens with zero attached hydrogens (tertiary/aromatic N) is 4. The van der Waals surface area contributed by atoms with Crippen molar-refractivity contribution in [3.8, 4) is 11.3 Å². The van der Waals surface area contributed by atoms with Gasteiger partial charge in [0.15, 0.2) is 5.76 Å². The molecule has 2 aromatic heterocycles. The van der Waals surface area contributed by atoms with E-state index in [2.05, 4.69) is 10.1 Å². The molecule has 1 fully saturated rings. The van der Waals surface area contributed by atoms with Gasteiger partial charge in [0.25, 0.3) is 0 Å². The minimum absolute atomic E-state index is 0.156. The van der Waals surface area contributed by atoms with Gasteiger partial charge in [-0.05, 0) is 30.7 Å². The second kappa shape index (κ2) is 7.64. The van der Waals surface area contributed by atoms with Gasteiger partial charge in [-0.15, -0.1) is 0 Å². The molecule has 3 heterocycles. The number of anilines is 1. The summed E-state index contributed by atoms with van der Waals surface area (Å²) in [4.78, 5) is 32.8. The third-order valence-corrected chi connectivity index (χ3v) is 4.86. The van der Waals surface area contributed by atoms with Crippen LogP contribution in [0.3, 0.4) is 0 Å². The number of amides is 2. The lowest BCUT2D eigenvalue weighted by molar-refractivity contribution is -0.139. The lowest BCUT2D eigenvalue weighted by atomic mass is 10.1. The van der Waals surface area contributed by atoms with Crippen LogP contribution in [0.25, 0.3) is 11.3 Å². The van der Waals surface area contributed by atoms with E-state index in [4.69, 9.17) is 4.52 Å². The molecular weight excluding hydrogens is 356 g/mol. The molecule has 4 rings (SSSR count). The van der Waals surface area contributed by atoms with Crippen LogP contribution in [0.4, 0.5) is 5.69 Å². The van der Waals surface area contributed by atoms with Crippen LogP contribution in [-0.2, 0) is 16.1 Å². The lowest BCUT2D eigenvalue weighted by Gasteiger charge is -2.20. The zero-order valence-electron chi connectivity index (χ0n) is 15.5. The van der Waals surface area contributed by atoms with Crippen molar-refractivity contribution in [3.05, 3.63) is 66.7 Å². The van der Waals surface area contributed by atoms with Gasteiger partial charge in [-0.1, -0.05) is 23.4 Å². The summed E-state index contributed by atoms with van der Waals surface area (Å²) in [7, 11) is 1.67. The van der Waals surface area contributed by atoms with Crippen molar-refractivity contribution in [1.29, 1.82) is 0 Å². The Kier molecular flexibility index (Phi) is 4.89. The fraction of sp³-hybridized carbons (Fsp3) is 0.238. The highest BCUT2D eigenvalue weighted by molar-refractivity contribution is 6.09. The molecule has 7 heteroatoms. The van der Waals surface area contributed by atoms with Gasteiger partial charge in [0.05, 0.1) is 6.54 Å². The number of carbonyl (C=O) groups is 2. The fourth-order valence-electron chi connectivity index (χ4n) is 3.39. The van der Waals surface area contributed by atoms with Crippen molar-refractivity contribution < 1.29 is 14.1 Å². The normalized spacial score (nSPS) is 16.4. The quantitative estimate of drug-likeness (QED) is 0.640. The van der Waals surface area contributed by atoms with E-state index in [-0.39, 0.29) is 18.4 Å². The molecule has 1 aliphatic heterocycles. The van der Waals surface area contributed by atoms with Crippen molar-refractivity contribution in [3.63, 3.8) is 0 Å². The molecule has 0 spiro atoms. The molecule has 1 aliphatic rings. The number of para-hydroxylation sites is 1. The SMILES string of the molecule is CN(Cc1cc(-c2cccnc2)no1)C(=O)C1CCN(c2ccccc2)C1=O. The predicted octanol–water partition coefficient (Wildman–Crippen LogP) is 2.75. The van der Waals surface area contributed by atoms with Crippen LogP contribution in [0, 0.1) is 5.92 Å². The van der Waals surface area contributed by atoms with Crippen LogP contribution < -0.4 is 4.90 Å². The zero-order valence-corrected chi connectivity index (χ0v) is 15.5. The average molecular weight is 376 g/mol. The van der Waals surface area contributed by atoms with E-state index in [1.807, 2.05) is 42.5 Å². The highest BCUT2D eigenvalue weighted by atomic mass is 16.5. The molecule has 1 aromatic carbocycles. The minimum Gasteiger partial charge on any atom is -0.359 e. The molecule has 0 saturated carbocycles. The Morgan fingerprint density at radius 2 is 2.07 bits per heavy atom. The van der Waals surface area contributed by atoms with Gasteiger partial charge >= 0.3 is 0 Å². The molecular formula is C21H20N4O3.